The second kappa shape index (κ2) is 5.05. The summed E-state index contributed by atoms with van der Waals surface area (Å²) in [6.07, 6.45) is 0. The first kappa shape index (κ1) is 12.8. The third kappa shape index (κ3) is 2.55. The minimum atomic E-state index is -2.83. The zero-order valence-electron chi connectivity index (χ0n) is 10.2. The number of aromatic nitrogens is 1. The highest BCUT2D eigenvalue weighted by Crippen LogP contribution is 2.32. The molecule has 0 aliphatic rings. The van der Waals surface area contributed by atoms with Crippen LogP contribution in [-0.4, -0.2) is 11.6 Å². The fourth-order valence-electron chi connectivity index (χ4n) is 1.87. The Morgan fingerprint density at radius 3 is 2.80 bits per heavy atom. The van der Waals surface area contributed by atoms with E-state index in [2.05, 4.69) is 9.72 Å². The van der Waals surface area contributed by atoms with Crippen molar-refractivity contribution >= 4 is 27.2 Å². The maximum atomic E-state index is 12.2. The number of thiazole rings is 1. The highest BCUT2D eigenvalue weighted by atomic mass is 32.1. The van der Waals surface area contributed by atoms with E-state index in [1.807, 2.05) is 12.1 Å². The molecule has 3 nitrogen and oxygen atoms in total. The molecule has 0 bridgehead atoms. The van der Waals surface area contributed by atoms with Gasteiger partial charge in [0.1, 0.15) is 10.8 Å². The van der Waals surface area contributed by atoms with Crippen molar-refractivity contribution in [1.82, 2.24) is 4.98 Å². The summed E-state index contributed by atoms with van der Waals surface area (Å²) in [5.74, 6) is 0.122. The van der Waals surface area contributed by atoms with Crippen molar-refractivity contribution in [3.8, 4) is 16.3 Å². The van der Waals surface area contributed by atoms with Gasteiger partial charge in [-0.1, -0.05) is 12.1 Å². The Labute approximate surface area is 117 Å². The zero-order chi connectivity index (χ0) is 14.1. The minimum Gasteiger partial charge on any atom is -0.435 e. The molecule has 0 saturated carbocycles. The predicted octanol–water partition coefficient (Wildman–Crippen LogP) is 4.15. The van der Waals surface area contributed by atoms with Crippen molar-refractivity contribution in [2.75, 3.05) is 5.73 Å². The molecule has 102 valence electrons. The molecule has 3 aromatic rings. The van der Waals surface area contributed by atoms with E-state index >= 15 is 0 Å². The summed E-state index contributed by atoms with van der Waals surface area (Å²) in [6.45, 7) is -2.83. The number of halogens is 2. The average Bonchev–Trinajstić information content (AvgIpc) is 2.81. The third-order valence-corrected chi connectivity index (χ3v) is 3.79. The van der Waals surface area contributed by atoms with Crippen LogP contribution in [0, 0.1) is 0 Å². The van der Waals surface area contributed by atoms with Crippen LogP contribution in [0.2, 0.25) is 0 Å². The molecule has 1 aromatic heterocycles. The van der Waals surface area contributed by atoms with Gasteiger partial charge in [0.05, 0.1) is 10.2 Å². The summed E-state index contributed by atoms with van der Waals surface area (Å²) < 4.78 is 29.8. The molecule has 1 heterocycles. The van der Waals surface area contributed by atoms with Crippen LogP contribution in [0.3, 0.4) is 0 Å². The van der Waals surface area contributed by atoms with Crippen LogP contribution in [-0.2, 0) is 0 Å². The van der Waals surface area contributed by atoms with E-state index in [-0.39, 0.29) is 5.75 Å². The number of benzene rings is 2. The lowest BCUT2D eigenvalue weighted by Gasteiger charge is -2.04. The topological polar surface area (TPSA) is 48.1 Å². The maximum Gasteiger partial charge on any atom is 0.387 e. The molecule has 20 heavy (non-hydrogen) atoms. The SMILES string of the molecule is Nc1ccc2nc(-c3cccc(OC(F)F)c3)sc2c1. The largest absolute Gasteiger partial charge is 0.435 e. The summed E-state index contributed by atoms with van der Waals surface area (Å²) in [5, 5.41) is 0.741. The second-order valence-corrected chi connectivity index (χ2v) is 5.18. The summed E-state index contributed by atoms with van der Waals surface area (Å²) in [5.41, 5.74) is 7.97. The fraction of sp³-hybridized carbons (Fsp3) is 0.0714. The molecule has 0 radical (unpaired) electrons. The van der Waals surface area contributed by atoms with Gasteiger partial charge in [0.25, 0.3) is 0 Å². The van der Waals surface area contributed by atoms with Gasteiger partial charge in [-0.15, -0.1) is 11.3 Å². The van der Waals surface area contributed by atoms with E-state index < -0.39 is 6.61 Å². The molecule has 0 saturated heterocycles. The molecular formula is C14H10F2N2OS. The molecule has 0 spiro atoms. The Morgan fingerprint density at radius 2 is 2.00 bits per heavy atom. The molecule has 2 N–H and O–H groups in total. The summed E-state index contributed by atoms with van der Waals surface area (Å²) in [6, 6.07) is 12.0. The van der Waals surface area contributed by atoms with Gasteiger partial charge in [-0.3, -0.25) is 0 Å². The van der Waals surface area contributed by atoms with Gasteiger partial charge >= 0.3 is 6.61 Å². The van der Waals surface area contributed by atoms with E-state index in [1.165, 1.54) is 17.4 Å². The van der Waals surface area contributed by atoms with Gasteiger partial charge in [-0.2, -0.15) is 8.78 Å². The van der Waals surface area contributed by atoms with Crippen LogP contribution >= 0.6 is 11.3 Å². The van der Waals surface area contributed by atoms with Crippen molar-refractivity contribution in [3.63, 3.8) is 0 Å². The van der Waals surface area contributed by atoms with Gasteiger partial charge in [0, 0.05) is 11.3 Å². The van der Waals surface area contributed by atoms with Gasteiger partial charge in [0.15, 0.2) is 0 Å². The van der Waals surface area contributed by atoms with Crippen LogP contribution in [0.25, 0.3) is 20.8 Å². The number of anilines is 1. The monoisotopic (exact) mass is 292 g/mol. The molecule has 0 aliphatic heterocycles. The van der Waals surface area contributed by atoms with Crippen LogP contribution in [0.1, 0.15) is 0 Å². The van der Waals surface area contributed by atoms with Crippen molar-refractivity contribution < 1.29 is 13.5 Å². The second-order valence-electron chi connectivity index (χ2n) is 4.15. The van der Waals surface area contributed by atoms with Crippen LogP contribution in [0.5, 0.6) is 5.75 Å². The molecule has 0 unspecified atom stereocenters. The van der Waals surface area contributed by atoms with Crippen LogP contribution in [0.15, 0.2) is 42.5 Å². The number of hydrogen-bond acceptors (Lipinski definition) is 4. The molecule has 6 heteroatoms. The number of fused-ring (bicyclic) bond motifs is 1. The fourth-order valence-corrected chi connectivity index (χ4v) is 2.88. The highest BCUT2D eigenvalue weighted by Gasteiger charge is 2.09. The lowest BCUT2D eigenvalue weighted by atomic mass is 10.2. The van der Waals surface area contributed by atoms with E-state index in [0.717, 1.165) is 20.8 Å². The van der Waals surface area contributed by atoms with Gasteiger partial charge in [-0.05, 0) is 30.3 Å². The van der Waals surface area contributed by atoms with Crippen molar-refractivity contribution in [3.05, 3.63) is 42.5 Å². The smallest absolute Gasteiger partial charge is 0.387 e. The number of nitrogens with two attached hydrogens (primary N) is 1. The van der Waals surface area contributed by atoms with Crippen molar-refractivity contribution in [2.45, 2.75) is 6.61 Å². The van der Waals surface area contributed by atoms with Crippen LogP contribution in [0.4, 0.5) is 14.5 Å². The molecule has 0 fully saturated rings. The molecule has 3 rings (SSSR count). The number of nitrogen functional groups attached to an aromatic ring is 1. The summed E-state index contributed by atoms with van der Waals surface area (Å²) >= 11 is 1.46. The van der Waals surface area contributed by atoms with E-state index in [1.54, 1.807) is 24.3 Å². The number of ether oxygens (including phenoxy) is 1. The first-order valence-electron chi connectivity index (χ1n) is 5.83. The molecule has 2 aromatic carbocycles. The van der Waals surface area contributed by atoms with E-state index in [9.17, 15) is 8.78 Å². The average molecular weight is 292 g/mol. The lowest BCUT2D eigenvalue weighted by molar-refractivity contribution is -0.0498. The third-order valence-electron chi connectivity index (χ3n) is 2.72. The zero-order valence-corrected chi connectivity index (χ0v) is 11.0. The van der Waals surface area contributed by atoms with Crippen molar-refractivity contribution in [2.24, 2.45) is 0 Å². The molecular weight excluding hydrogens is 282 g/mol. The number of alkyl halides is 2. The molecule has 0 atom stereocenters. The standard InChI is InChI=1S/C14H10F2N2OS/c15-14(16)19-10-3-1-2-8(6-10)13-18-11-5-4-9(17)7-12(11)20-13/h1-7,14H,17H2. The Hall–Kier alpha value is -2.21. The predicted molar refractivity (Wildman–Crippen MR) is 76.1 cm³/mol. The lowest BCUT2D eigenvalue weighted by Crippen LogP contribution is -2.01. The normalized spacial score (nSPS) is 11.2. The maximum absolute atomic E-state index is 12.2. The highest BCUT2D eigenvalue weighted by molar-refractivity contribution is 7.21. The summed E-state index contributed by atoms with van der Waals surface area (Å²) in [4.78, 5) is 4.46. The Morgan fingerprint density at radius 1 is 1.15 bits per heavy atom. The van der Waals surface area contributed by atoms with Gasteiger partial charge < -0.3 is 10.5 Å². The molecule has 0 aliphatic carbocycles. The Kier molecular flexibility index (Phi) is 3.23. The quantitative estimate of drug-likeness (QED) is 0.738. The Bertz CT molecular complexity index is 758. The van der Waals surface area contributed by atoms with Crippen molar-refractivity contribution in [1.29, 1.82) is 0 Å². The first-order valence-corrected chi connectivity index (χ1v) is 6.65. The summed E-state index contributed by atoms with van der Waals surface area (Å²) in [7, 11) is 0. The van der Waals surface area contributed by atoms with Gasteiger partial charge in [0.2, 0.25) is 0 Å². The van der Waals surface area contributed by atoms with E-state index in [0.29, 0.717) is 5.69 Å². The Balaban J connectivity index is 2.01. The first-order chi connectivity index (χ1) is 9.61. The molecule has 0 amide bonds. The minimum absolute atomic E-state index is 0.122. The van der Waals surface area contributed by atoms with Crippen LogP contribution < -0.4 is 10.5 Å². The number of nitrogens with zero attached hydrogens (tertiary/aromatic N) is 1. The van der Waals surface area contributed by atoms with Gasteiger partial charge in [-0.25, -0.2) is 4.98 Å². The number of hydrogen-bond donors (Lipinski definition) is 1. The number of rotatable bonds is 3. The van der Waals surface area contributed by atoms with E-state index in [4.69, 9.17) is 5.73 Å².